The Bertz CT molecular complexity index is 863. The molecule has 1 aromatic carbocycles. The molecule has 0 aliphatic heterocycles. The molecule has 0 radical (unpaired) electrons. The summed E-state index contributed by atoms with van der Waals surface area (Å²) in [7, 11) is 1.33. The van der Waals surface area contributed by atoms with Gasteiger partial charge < -0.3 is 10.3 Å². The first-order chi connectivity index (χ1) is 11.3. The van der Waals surface area contributed by atoms with Gasteiger partial charge in [0.25, 0.3) is 5.91 Å². The van der Waals surface area contributed by atoms with Gasteiger partial charge in [-0.15, -0.1) is 0 Å². The van der Waals surface area contributed by atoms with Gasteiger partial charge in [-0.05, 0) is 19.1 Å². The van der Waals surface area contributed by atoms with Crippen molar-refractivity contribution >= 4 is 16.9 Å². The van der Waals surface area contributed by atoms with Gasteiger partial charge in [0.05, 0.1) is 22.6 Å². The second kappa shape index (κ2) is 5.66. The average molecular weight is 337 g/mol. The van der Waals surface area contributed by atoms with Gasteiger partial charge in [0.15, 0.2) is 5.69 Å². The zero-order chi connectivity index (χ0) is 17.5. The molecule has 2 heterocycles. The third-order valence-corrected chi connectivity index (χ3v) is 3.51. The van der Waals surface area contributed by atoms with Crippen molar-refractivity contribution in [2.45, 2.75) is 19.1 Å². The number of carbonyl (C=O) groups excluding carboxylic acids is 1. The zero-order valence-corrected chi connectivity index (χ0v) is 12.8. The van der Waals surface area contributed by atoms with Crippen LogP contribution in [0.15, 0.2) is 30.5 Å². The van der Waals surface area contributed by atoms with Crippen molar-refractivity contribution in [2.75, 3.05) is 0 Å². The molecule has 1 atom stereocenters. The molecule has 0 fully saturated rings. The van der Waals surface area contributed by atoms with E-state index in [0.29, 0.717) is 11.3 Å². The van der Waals surface area contributed by atoms with Gasteiger partial charge >= 0.3 is 6.18 Å². The molecule has 0 spiro atoms. The Labute approximate surface area is 134 Å². The van der Waals surface area contributed by atoms with Gasteiger partial charge in [-0.1, -0.05) is 12.1 Å². The minimum absolute atomic E-state index is 0.460. The maximum Gasteiger partial charge on any atom is 0.435 e. The van der Waals surface area contributed by atoms with Gasteiger partial charge in [-0.25, -0.2) is 4.98 Å². The fraction of sp³-hybridized carbons (Fsp3) is 0.267. The summed E-state index contributed by atoms with van der Waals surface area (Å²) in [5.74, 6) is -0.398. The van der Waals surface area contributed by atoms with Crippen LogP contribution in [0.4, 0.5) is 13.2 Å². The van der Waals surface area contributed by atoms with Crippen LogP contribution in [-0.4, -0.2) is 25.7 Å². The summed E-state index contributed by atoms with van der Waals surface area (Å²) in [5.41, 5.74) is -0.232. The highest BCUT2D eigenvalue weighted by Crippen LogP contribution is 2.30. The number of fused-ring (bicyclic) bond motifs is 1. The molecular formula is C15H14F3N5O. The molecule has 2 N–H and O–H groups in total. The van der Waals surface area contributed by atoms with E-state index in [1.165, 1.54) is 7.05 Å². The summed E-state index contributed by atoms with van der Waals surface area (Å²) >= 11 is 0. The lowest BCUT2D eigenvalue weighted by atomic mass is 10.2. The van der Waals surface area contributed by atoms with E-state index in [2.05, 4.69) is 20.4 Å². The lowest BCUT2D eigenvalue weighted by Gasteiger charge is -2.12. The number of aryl methyl sites for hydroxylation is 1. The van der Waals surface area contributed by atoms with Crippen molar-refractivity contribution in [3.05, 3.63) is 47.5 Å². The van der Waals surface area contributed by atoms with Crippen molar-refractivity contribution in [1.82, 2.24) is 25.1 Å². The van der Waals surface area contributed by atoms with Crippen LogP contribution in [-0.2, 0) is 13.2 Å². The molecule has 24 heavy (non-hydrogen) atoms. The predicted molar refractivity (Wildman–Crippen MR) is 80.2 cm³/mol. The summed E-state index contributed by atoms with van der Waals surface area (Å²) in [6.07, 6.45) is -3.65. The molecule has 9 heteroatoms. The minimum Gasteiger partial charge on any atom is -0.342 e. The fourth-order valence-electron chi connectivity index (χ4n) is 2.38. The Balaban J connectivity index is 1.84. The number of hydrogen-bond acceptors (Lipinski definition) is 3. The molecule has 3 aromatic rings. The van der Waals surface area contributed by atoms with Crippen LogP contribution in [0.3, 0.4) is 0 Å². The smallest absolute Gasteiger partial charge is 0.342 e. The summed E-state index contributed by atoms with van der Waals surface area (Å²) in [4.78, 5) is 19.6. The summed E-state index contributed by atoms with van der Waals surface area (Å²) in [6.45, 7) is 1.64. The molecule has 1 unspecified atom stereocenters. The summed E-state index contributed by atoms with van der Waals surface area (Å²) < 4.78 is 39.8. The molecule has 0 aliphatic carbocycles. The van der Waals surface area contributed by atoms with Crippen molar-refractivity contribution in [3.63, 3.8) is 0 Å². The Hall–Kier alpha value is -2.84. The number of aromatic nitrogens is 4. The lowest BCUT2D eigenvalue weighted by molar-refractivity contribution is -0.141. The van der Waals surface area contributed by atoms with E-state index in [-0.39, 0.29) is 0 Å². The number of para-hydroxylation sites is 2. The highest BCUT2D eigenvalue weighted by Gasteiger charge is 2.39. The van der Waals surface area contributed by atoms with E-state index < -0.39 is 29.4 Å². The van der Waals surface area contributed by atoms with Crippen LogP contribution in [0.1, 0.15) is 34.8 Å². The SMILES string of the molecule is CC(NC(=O)c1cn(C)nc1C(F)(F)F)c1nc2ccccc2[nH]1. The van der Waals surface area contributed by atoms with Crippen LogP contribution < -0.4 is 5.32 Å². The molecule has 3 rings (SSSR count). The molecular weight excluding hydrogens is 323 g/mol. The topological polar surface area (TPSA) is 75.6 Å². The number of alkyl halides is 3. The van der Waals surface area contributed by atoms with E-state index >= 15 is 0 Å². The normalized spacial score (nSPS) is 13.2. The second-order valence-electron chi connectivity index (χ2n) is 5.40. The van der Waals surface area contributed by atoms with E-state index in [0.717, 1.165) is 16.4 Å². The Morgan fingerprint density at radius 3 is 2.71 bits per heavy atom. The fourth-order valence-corrected chi connectivity index (χ4v) is 2.38. The number of nitrogens with zero attached hydrogens (tertiary/aromatic N) is 3. The highest BCUT2D eigenvalue weighted by atomic mass is 19.4. The number of hydrogen-bond donors (Lipinski definition) is 2. The highest BCUT2D eigenvalue weighted by molar-refractivity contribution is 5.95. The third-order valence-electron chi connectivity index (χ3n) is 3.51. The minimum atomic E-state index is -4.70. The molecule has 0 saturated carbocycles. The summed E-state index contributed by atoms with van der Waals surface area (Å²) in [5, 5.41) is 5.84. The van der Waals surface area contributed by atoms with Gasteiger partial charge in [-0.3, -0.25) is 9.48 Å². The number of aromatic amines is 1. The van der Waals surface area contributed by atoms with Crippen LogP contribution in [0.25, 0.3) is 11.0 Å². The first-order valence-corrected chi connectivity index (χ1v) is 7.12. The van der Waals surface area contributed by atoms with Crippen LogP contribution in [0, 0.1) is 0 Å². The Morgan fingerprint density at radius 1 is 1.33 bits per heavy atom. The Morgan fingerprint density at radius 2 is 2.04 bits per heavy atom. The number of benzene rings is 1. The lowest BCUT2D eigenvalue weighted by Crippen LogP contribution is -2.29. The van der Waals surface area contributed by atoms with E-state index in [4.69, 9.17) is 0 Å². The summed E-state index contributed by atoms with van der Waals surface area (Å²) in [6, 6.07) is 6.68. The van der Waals surface area contributed by atoms with Crippen molar-refractivity contribution < 1.29 is 18.0 Å². The van der Waals surface area contributed by atoms with Crippen LogP contribution >= 0.6 is 0 Å². The molecule has 0 saturated heterocycles. The maximum atomic E-state index is 12.9. The number of carbonyl (C=O) groups is 1. The second-order valence-corrected chi connectivity index (χ2v) is 5.40. The van der Waals surface area contributed by atoms with Crippen LogP contribution in [0.2, 0.25) is 0 Å². The number of nitrogens with one attached hydrogen (secondary N) is 2. The molecule has 6 nitrogen and oxygen atoms in total. The van der Waals surface area contributed by atoms with Gasteiger partial charge in [-0.2, -0.15) is 18.3 Å². The van der Waals surface area contributed by atoms with Crippen molar-refractivity contribution in [3.8, 4) is 0 Å². The average Bonchev–Trinajstić information content (AvgIpc) is 3.09. The van der Waals surface area contributed by atoms with E-state index in [1.54, 1.807) is 13.0 Å². The Kier molecular flexibility index (Phi) is 3.78. The monoisotopic (exact) mass is 337 g/mol. The van der Waals surface area contributed by atoms with E-state index in [9.17, 15) is 18.0 Å². The first kappa shape index (κ1) is 16.0. The standard InChI is InChI=1S/C15H14F3N5O/c1-8(13-20-10-5-3-4-6-11(10)21-13)19-14(24)9-7-23(2)22-12(9)15(16,17)18/h3-8H,1-2H3,(H,19,24)(H,20,21). The number of imidazole rings is 1. The van der Waals surface area contributed by atoms with Crippen molar-refractivity contribution in [2.24, 2.45) is 7.05 Å². The number of amides is 1. The predicted octanol–water partition coefficient (Wildman–Crippen LogP) is 2.81. The van der Waals surface area contributed by atoms with Crippen LogP contribution in [0.5, 0.6) is 0 Å². The molecule has 0 bridgehead atoms. The van der Waals surface area contributed by atoms with Crippen molar-refractivity contribution in [1.29, 1.82) is 0 Å². The molecule has 1 amide bonds. The largest absolute Gasteiger partial charge is 0.435 e. The maximum absolute atomic E-state index is 12.9. The molecule has 2 aromatic heterocycles. The van der Waals surface area contributed by atoms with Gasteiger partial charge in [0, 0.05) is 13.2 Å². The van der Waals surface area contributed by atoms with E-state index in [1.807, 2.05) is 18.2 Å². The van der Waals surface area contributed by atoms with Gasteiger partial charge in [0.1, 0.15) is 5.82 Å². The number of rotatable bonds is 3. The first-order valence-electron chi connectivity index (χ1n) is 7.12. The number of H-pyrrole nitrogens is 1. The molecule has 0 aliphatic rings. The number of halogens is 3. The van der Waals surface area contributed by atoms with Gasteiger partial charge in [0.2, 0.25) is 0 Å². The zero-order valence-electron chi connectivity index (χ0n) is 12.8. The molecule has 126 valence electrons. The quantitative estimate of drug-likeness (QED) is 0.772. The third kappa shape index (κ3) is 2.97.